The lowest BCUT2D eigenvalue weighted by atomic mass is 9.58. The Morgan fingerprint density at radius 1 is 0.899 bits per heavy atom. The second kappa shape index (κ2) is 19.4. The van der Waals surface area contributed by atoms with Gasteiger partial charge in [0.15, 0.2) is 25.5 Å². The van der Waals surface area contributed by atoms with Gasteiger partial charge in [-0.15, -0.1) is 13.2 Å². The van der Waals surface area contributed by atoms with E-state index in [4.69, 9.17) is 23.2 Å². The highest BCUT2D eigenvalue weighted by Crippen LogP contribution is 2.61. The van der Waals surface area contributed by atoms with Gasteiger partial charge in [0.25, 0.3) is 5.88 Å². The minimum Gasteiger partial charge on any atom is -0.508 e. The molecule has 69 heavy (non-hydrogen) atoms. The van der Waals surface area contributed by atoms with Crippen LogP contribution in [0.2, 0.25) is 18.1 Å². The molecule has 5 aromatic rings. The monoisotopic (exact) mass is 947 g/mol. The maximum Gasteiger partial charge on any atom is 0.265 e. The first-order chi connectivity index (χ1) is 33.2. The second-order valence-corrected chi connectivity index (χ2v) is 25.2. The lowest BCUT2D eigenvalue weighted by molar-refractivity contribution is -0.0525. The zero-order valence-corrected chi connectivity index (χ0v) is 41.8. The van der Waals surface area contributed by atoms with Gasteiger partial charge in [-0.1, -0.05) is 124 Å². The molecule has 9 rings (SSSR count). The van der Waals surface area contributed by atoms with Crippen molar-refractivity contribution in [2.24, 2.45) is 11.8 Å². The molecule has 1 aliphatic heterocycles. The van der Waals surface area contributed by atoms with E-state index in [1.807, 2.05) is 72.8 Å². The first kappa shape index (κ1) is 48.0. The first-order valence-corrected chi connectivity index (χ1v) is 27.2. The van der Waals surface area contributed by atoms with Crippen molar-refractivity contribution >= 4 is 19.9 Å². The average molecular weight is 948 g/mol. The van der Waals surface area contributed by atoms with Crippen LogP contribution in [0.25, 0.3) is 0 Å². The van der Waals surface area contributed by atoms with E-state index in [9.17, 15) is 5.11 Å². The van der Waals surface area contributed by atoms with Gasteiger partial charge in [-0.05, 0) is 84.2 Å². The summed E-state index contributed by atoms with van der Waals surface area (Å²) in [6.45, 7) is 21.4. The largest absolute Gasteiger partial charge is 0.508 e. The predicted octanol–water partition coefficient (Wildman–Crippen LogP) is 11.7. The number of benzene rings is 4. The van der Waals surface area contributed by atoms with E-state index in [0.717, 1.165) is 48.2 Å². The van der Waals surface area contributed by atoms with E-state index in [-0.39, 0.29) is 48.5 Å². The van der Waals surface area contributed by atoms with Crippen molar-refractivity contribution < 1.29 is 37.9 Å². The van der Waals surface area contributed by atoms with E-state index >= 15 is 9.59 Å². The highest BCUT2D eigenvalue weighted by atomic mass is 28.4. The molecule has 12 heteroatoms. The minimum absolute atomic E-state index is 0.00000900. The van der Waals surface area contributed by atoms with Crippen LogP contribution in [0.15, 0.2) is 138 Å². The maximum atomic E-state index is 16.1. The van der Waals surface area contributed by atoms with Crippen LogP contribution in [0, 0.1) is 11.8 Å². The van der Waals surface area contributed by atoms with Gasteiger partial charge in [0.05, 0.1) is 18.7 Å². The quantitative estimate of drug-likeness (QED) is 0.0708. The Labute approximate surface area is 407 Å². The number of aliphatic hydroxyl groups excluding tert-OH is 1. The summed E-state index contributed by atoms with van der Waals surface area (Å²) in [5, 5.41) is 17.5. The summed E-state index contributed by atoms with van der Waals surface area (Å²) in [7, 11) is -1.32. The van der Waals surface area contributed by atoms with E-state index in [0.29, 0.717) is 42.3 Å². The Hall–Kier alpha value is -6.05. The molecule has 1 aromatic heterocycles. The van der Waals surface area contributed by atoms with E-state index in [1.54, 1.807) is 19.3 Å². The predicted molar refractivity (Wildman–Crippen MR) is 269 cm³/mol. The fourth-order valence-corrected chi connectivity index (χ4v) is 12.5. The zero-order chi connectivity index (χ0) is 48.7. The summed E-state index contributed by atoms with van der Waals surface area (Å²) < 4.78 is 33.3. The number of ether oxygens (including phenoxy) is 3. The number of rotatable bonds is 17. The fourth-order valence-electron chi connectivity index (χ4n) is 11.0. The summed E-state index contributed by atoms with van der Waals surface area (Å²) >= 11 is 0. The maximum absolute atomic E-state index is 16.1. The first-order valence-electron chi connectivity index (χ1n) is 24.3. The van der Waals surface area contributed by atoms with Gasteiger partial charge in [-0.3, -0.25) is 19.4 Å². The number of nitrogens with zero attached hydrogens (tertiary/aromatic N) is 3. The number of carbonyl (C=O) groups is 2. The van der Waals surface area contributed by atoms with Crippen LogP contribution in [0.1, 0.15) is 106 Å². The molecule has 1 fully saturated rings. The fraction of sp³-hybridized carbons (Fsp3) is 0.386. The van der Waals surface area contributed by atoms with E-state index < -0.39 is 48.4 Å². The number of ketones is 2. The molecule has 3 aliphatic carbocycles. The lowest BCUT2D eigenvalue weighted by Crippen LogP contribution is -2.65. The van der Waals surface area contributed by atoms with Crippen molar-refractivity contribution in [2.75, 3.05) is 26.7 Å². The van der Waals surface area contributed by atoms with E-state index in [2.05, 4.69) is 86.2 Å². The standard InChI is InChI=1S/C57H65N3O8Si/c1-9-28-59(29-10-2)49-43-32-40-31-42-47(45(65-35-38-23-16-12-17-24-38)33-41(51(42)64-6)44-27-20-30-60(44)34-37-21-14-11-15-22-37)50(61)46(40)53(62)57(43,68-69(7,8)56(3,4)5)54(63)48-52(49)67-58-55(48)66-36-39-25-18-13-19-26-39/h9-19,21-26,33,40,43-44,49,62H,1-2,20,27-32,34-36H2,3-8H3/t40-,43-,44-,49-,57?/m0/s1. The Morgan fingerprint density at radius 2 is 1.51 bits per heavy atom. The van der Waals surface area contributed by atoms with Crippen LogP contribution in [0.3, 0.4) is 0 Å². The highest BCUT2D eigenvalue weighted by Gasteiger charge is 2.67. The number of carbonyl (C=O) groups excluding carboxylic acids is 2. The van der Waals surface area contributed by atoms with Crippen LogP contribution in [-0.2, 0) is 30.6 Å². The van der Waals surface area contributed by atoms with Crippen molar-refractivity contribution in [2.45, 2.75) is 102 Å². The van der Waals surface area contributed by atoms with Crippen LogP contribution < -0.4 is 14.2 Å². The molecule has 1 N–H and O–H groups in total. The molecule has 0 bridgehead atoms. The number of fused-ring (bicyclic) bond motifs is 4. The number of aliphatic hydroxyl groups is 1. The van der Waals surface area contributed by atoms with Gasteiger partial charge >= 0.3 is 0 Å². The van der Waals surface area contributed by atoms with Gasteiger partial charge in [0.2, 0.25) is 5.78 Å². The Bertz CT molecular complexity index is 2740. The van der Waals surface area contributed by atoms with Crippen molar-refractivity contribution in [3.8, 4) is 17.4 Å². The second-order valence-electron chi connectivity index (χ2n) is 20.5. The number of allylic oxidation sites excluding steroid dienone is 1. The average Bonchev–Trinajstić information content (AvgIpc) is 3.98. The van der Waals surface area contributed by atoms with Gasteiger partial charge in [-0.25, -0.2) is 0 Å². The minimum atomic E-state index is -2.99. The van der Waals surface area contributed by atoms with Crippen molar-refractivity contribution in [1.29, 1.82) is 0 Å². The molecular weight excluding hydrogens is 883 g/mol. The lowest BCUT2D eigenvalue weighted by Gasteiger charge is -2.55. The molecule has 4 aliphatic rings. The molecule has 2 heterocycles. The third-order valence-electron chi connectivity index (χ3n) is 15.2. The number of methoxy groups -OCH3 is 1. The van der Waals surface area contributed by atoms with Crippen molar-refractivity contribution in [3.05, 3.63) is 178 Å². The molecule has 11 nitrogen and oxygen atoms in total. The summed E-state index contributed by atoms with van der Waals surface area (Å²) in [6.07, 6.45) is 6.14. The third-order valence-corrected chi connectivity index (χ3v) is 19.7. The smallest absolute Gasteiger partial charge is 0.265 e. The molecule has 0 saturated carbocycles. The Kier molecular flexibility index (Phi) is 13.5. The molecular formula is C57H65N3O8Si. The van der Waals surface area contributed by atoms with Crippen LogP contribution in [0.5, 0.6) is 17.4 Å². The van der Waals surface area contributed by atoms with E-state index in [1.165, 1.54) is 5.56 Å². The summed E-state index contributed by atoms with van der Waals surface area (Å²) in [5.41, 5.74) is 3.29. The molecule has 0 amide bonds. The summed E-state index contributed by atoms with van der Waals surface area (Å²) in [6, 6.07) is 31.3. The molecule has 0 radical (unpaired) electrons. The number of hydrogen-bond donors (Lipinski definition) is 1. The number of aromatic nitrogens is 1. The molecule has 1 saturated heterocycles. The Balaban J connectivity index is 1.24. The van der Waals surface area contributed by atoms with Gasteiger partial charge < -0.3 is 28.3 Å². The number of likely N-dealkylation sites (tertiary alicyclic amines) is 1. The van der Waals surface area contributed by atoms with Gasteiger partial charge in [0, 0.05) is 48.3 Å². The van der Waals surface area contributed by atoms with Gasteiger partial charge in [0.1, 0.15) is 36.0 Å². The zero-order valence-electron chi connectivity index (χ0n) is 40.8. The molecule has 1 unspecified atom stereocenters. The van der Waals surface area contributed by atoms with Crippen LogP contribution in [-0.4, -0.2) is 72.3 Å². The topological polar surface area (TPSA) is 124 Å². The SMILES string of the molecule is C=CCN(CC=C)[C@@H]1c2onc(OCc3ccccc3)c2C(=O)C2(O[Si](C)(C)C(C)(C)C)C(O)=C3C(=O)c4c(OCc5ccccc5)cc([C@@H]5CCCN5Cc5ccccc5)c(OC)c4C[C@H]3C[C@@H]12. The molecule has 4 aromatic carbocycles. The normalized spacial score (nSPS) is 22.4. The molecule has 360 valence electrons. The third kappa shape index (κ3) is 8.70. The van der Waals surface area contributed by atoms with Crippen molar-refractivity contribution in [1.82, 2.24) is 15.0 Å². The summed E-state index contributed by atoms with van der Waals surface area (Å²) in [4.78, 5) is 36.6. The number of hydrogen-bond acceptors (Lipinski definition) is 11. The van der Waals surface area contributed by atoms with Gasteiger partial charge in [-0.2, -0.15) is 0 Å². The highest BCUT2D eigenvalue weighted by molar-refractivity contribution is 6.74. The Morgan fingerprint density at radius 3 is 2.10 bits per heavy atom. The number of Topliss-reactive ketones (excluding diaryl/α,β-unsaturated/α-hetero) is 2. The van der Waals surface area contributed by atoms with Crippen molar-refractivity contribution in [3.63, 3.8) is 0 Å². The summed E-state index contributed by atoms with van der Waals surface area (Å²) in [5.74, 6) is -1.23. The molecule has 0 spiro atoms. The van der Waals surface area contributed by atoms with Crippen LogP contribution in [0.4, 0.5) is 0 Å². The van der Waals surface area contributed by atoms with Crippen LogP contribution >= 0.6 is 0 Å². The molecule has 5 atom stereocenters.